The van der Waals surface area contributed by atoms with Crippen molar-refractivity contribution in [1.82, 2.24) is 4.72 Å². The van der Waals surface area contributed by atoms with Gasteiger partial charge in [0.2, 0.25) is 10.0 Å². The zero-order valence-corrected chi connectivity index (χ0v) is 24.3. The smallest absolute Gasteiger partial charge is 0.281 e. The molecule has 0 fully saturated rings. The van der Waals surface area contributed by atoms with Gasteiger partial charge in [0.05, 0.1) is 32.6 Å². The molecule has 1 amide bonds. The topological polar surface area (TPSA) is 125 Å². The van der Waals surface area contributed by atoms with E-state index in [2.05, 4.69) is 15.9 Å². The first-order valence-corrected chi connectivity index (χ1v) is 17.0. The molecule has 0 saturated carbocycles. The van der Waals surface area contributed by atoms with E-state index in [0.29, 0.717) is 22.3 Å². The Balaban J connectivity index is 1.73. The number of thioether (sulfide) groups is 1. The van der Waals surface area contributed by atoms with Gasteiger partial charge in [-0.25, -0.2) is 8.42 Å². The number of sulfonamides is 1. The van der Waals surface area contributed by atoms with Crippen LogP contribution in [0, 0.1) is 0 Å². The Kier molecular flexibility index (Phi) is 7.89. The van der Waals surface area contributed by atoms with E-state index < -0.39 is 26.0 Å². The Morgan fingerprint density at radius 1 is 1.26 bits per heavy atom. The van der Waals surface area contributed by atoms with E-state index in [1.165, 1.54) is 34.4 Å². The molecule has 1 aliphatic rings. The van der Waals surface area contributed by atoms with Crippen molar-refractivity contribution in [3.63, 3.8) is 0 Å². The average Bonchev–Trinajstić information content (AvgIpc) is 3.32. The van der Waals surface area contributed by atoms with Gasteiger partial charge in [0.1, 0.15) is 11.2 Å². The molecule has 35 heavy (non-hydrogen) atoms. The largest absolute Gasteiger partial charge is 0.325 e. The minimum absolute atomic E-state index is 0.213. The fourth-order valence-electron chi connectivity index (χ4n) is 3.42. The lowest BCUT2D eigenvalue weighted by Gasteiger charge is -2.19. The normalized spacial score (nSPS) is 15.2. The molecule has 1 aliphatic heterocycles. The molecule has 0 unspecified atom stereocenters. The first kappa shape index (κ1) is 26.9. The molecule has 0 saturated heterocycles. The van der Waals surface area contributed by atoms with Gasteiger partial charge in [0.15, 0.2) is 6.54 Å². The monoisotopic (exact) mass is 658 g/mol. The number of fused-ring (bicyclic) bond motifs is 2. The third-order valence-corrected chi connectivity index (χ3v) is 10.3. The zero-order valence-electron chi connectivity index (χ0n) is 17.9. The summed E-state index contributed by atoms with van der Waals surface area (Å²) in [4.78, 5) is 15.9. The number of benzene rings is 1. The maximum atomic E-state index is 12.5. The molecule has 188 valence electrons. The quantitative estimate of drug-likeness (QED) is 0.276. The minimum Gasteiger partial charge on any atom is -0.325 e. The van der Waals surface area contributed by atoms with Crippen LogP contribution in [0.1, 0.15) is 11.4 Å². The molecule has 1 aromatic carbocycles. The fraction of sp³-hybridized carbons (Fsp3) is 0.263. The number of carbonyl (C=O) groups is 1. The highest BCUT2D eigenvalue weighted by Crippen LogP contribution is 2.48. The van der Waals surface area contributed by atoms with Crippen molar-refractivity contribution in [2.24, 2.45) is 0 Å². The van der Waals surface area contributed by atoms with Gasteiger partial charge in [-0.1, -0.05) is 46.0 Å². The summed E-state index contributed by atoms with van der Waals surface area (Å²) in [6, 6.07) is 7.25. The van der Waals surface area contributed by atoms with Gasteiger partial charge in [-0.05, 0) is 40.2 Å². The molecule has 3 heterocycles. The Labute approximate surface area is 227 Å². The van der Waals surface area contributed by atoms with Crippen LogP contribution in [0.2, 0.25) is 5.02 Å². The summed E-state index contributed by atoms with van der Waals surface area (Å²) in [5.41, 5.74) is 0.677. The number of rotatable bonds is 8. The van der Waals surface area contributed by atoms with Crippen molar-refractivity contribution in [3.05, 3.63) is 43.1 Å². The number of thiophene rings is 1. The van der Waals surface area contributed by atoms with Crippen LogP contribution in [-0.2, 0) is 31.5 Å². The molecule has 0 bridgehead atoms. The summed E-state index contributed by atoms with van der Waals surface area (Å²) >= 11 is 14.1. The molecule has 0 radical (unpaired) electrons. The third-order valence-electron chi connectivity index (χ3n) is 4.70. The van der Waals surface area contributed by atoms with Crippen LogP contribution in [0.15, 0.2) is 38.0 Å². The standard InChI is InChI=1S/C19H17BrClN3O6S5/c1-34(26,27)22-16(25)10-24-12-7-11(21)3-4-13(12)31-18(24)9-17-23(5-2-6-35(28,29)30)19-14(32-17)8-15(20)33-19/h3-4,7-9H,2,5-6,10H2,1H3,(H-,22,25,28,29,30)/p+1. The predicted octanol–water partition coefficient (Wildman–Crippen LogP) is 3.93. The van der Waals surface area contributed by atoms with E-state index in [-0.39, 0.29) is 18.7 Å². The number of nitrogens with one attached hydrogen (secondary N) is 1. The minimum atomic E-state index is -4.09. The molecule has 2 N–H and O–H groups in total. The van der Waals surface area contributed by atoms with E-state index >= 15 is 0 Å². The average molecular weight is 660 g/mol. The Bertz CT molecular complexity index is 1560. The highest BCUT2D eigenvalue weighted by atomic mass is 79.9. The molecule has 0 spiro atoms. The Hall–Kier alpha value is -1.20. The van der Waals surface area contributed by atoms with Gasteiger partial charge >= 0.3 is 0 Å². The van der Waals surface area contributed by atoms with E-state index in [0.717, 1.165) is 29.5 Å². The number of halogens is 2. The van der Waals surface area contributed by atoms with Crippen molar-refractivity contribution in [2.75, 3.05) is 23.5 Å². The SMILES string of the molecule is CS(=O)(=O)NC(=O)CN1C(=Cc2sc3cc(Br)sc3[n+]2CCCS(=O)(=O)O)Sc2ccc(Cl)cc21. The summed E-state index contributed by atoms with van der Waals surface area (Å²) in [5.74, 6) is -1.06. The lowest BCUT2D eigenvalue weighted by molar-refractivity contribution is -0.666. The van der Waals surface area contributed by atoms with Gasteiger partial charge in [0, 0.05) is 16.3 Å². The number of carbonyl (C=O) groups excluding carboxylic acids is 1. The van der Waals surface area contributed by atoms with Crippen LogP contribution in [-0.4, -0.2) is 45.8 Å². The fourth-order valence-corrected chi connectivity index (χ4v) is 8.82. The second kappa shape index (κ2) is 10.3. The number of aryl methyl sites for hydroxylation is 1. The highest BCUT2D eigenvalue weighted by molar-refractivity contribution is 9.11. The highest BCUT2D eigenvalue weighted by Gasteiger charge is 2.31. The van der Waals surface area contributed by atoms with Crippen LogP contribution in [0.4, 0.5) is 5.69 Å². The molecule has 0 atom stereocenters. The Morgan fingerprint density at radius 3 is 2.69 bits per heavy atom. The molecular weight excluding hydrogens is 642 g/mol. The summed E-state index contributed by atoms with van der Waals surface area (Å²) in [7, 11) is -7.81. The van der Waals surface area contributed by atoms with Crippen molar-refractivity contribution < 1.29 is 30.7 Å². The van der Waals surface area contributed by atoms with Crippen molar-refractivity contribution in [3.8, 4) is 0 Å². The van der Waals surface area contributed by atoms with E-state index in [1.54, 1.807) is 17.0 Å². The van der Waals surface area contributed by atoms with E-state index in [4.69, 9.17) is 16.2 Å². The van der Waals surface area contributed by atoms with E-state index in [9.17, 15) is 21.6 Å². The molecule has 2 aromatic heterocycles. The third kappa shape index (κ3) is 6.77. The first-order valence-electron chi connectivity index (χ1n) is 9.83. The lowest BCUT2D eigenvalue weighted by atomic mass is 10.3. The van der Waals surface area contributed by atoms with Crippen molar-refractivity contribution in [2.45, 2.75) is 17.9 Å². The second-order valence-corrected chi connectivity index (χ2v) is 15.8. The number of hydrogen-bond donors (Lipinski definition) is 2. The van der Waals surface area contributed by atoms with Crippen molar-refractivity contribution >= 4 is 109 Å². The number of nitrogens with zero attached hydrogens (tertiary/aromatic N) is 2. The number of hydrogen-bond acceptors (Lipinski definition) is 9. The van der Waals surface area contributed by atoms with Gasteiger partial charge in [0.25, 0.3) is 25.9 Å². The molecule has 3 aromatic rings. The number of aromatic nitrogens is 1. The van der Waals surface area contributed by atoms with Gasteiger partial charge in [-0.15, -0.1) is 0 Å². The summed E-state index contributed by atoms with van der Waals surface area (Å²) in [5, 5.41) is 1.97. The lowest BCUT2D eigenvalue weighted by Crippen LogP contribution is -2.38. The van der Waals surface area contributed by atoms with Crippen LogP contribution in [0.3, 0.4) is 0 Å². The van der Waals surface area contributed by atoms with Gasteiger partial charge in [-0.2, -0.15) is 13.0 Å². The van der Waals surface area contributed by atoms with Crippen LogP contribution in [0.5, 0.6) is 0 Å². The summed E-state index contributed by atoms with van der Waals surface area (Å²) in [6.45, 7) is 0.108. The van der Waals surface area contributed by atoms with Gasteiger partial charge < -0.3 is 4.90 Å². The van der Waals surface area contributed by atoms with Gasteiger partial charge in [-0.3, -0.25) is 14.1 Å². The summed E-state index contributed by atoms with van der Waals surface area (Å²) < 4.78 is 60.5. The zero-order chi connectivity index (χ0) is 25.5. The maximum absolute atomic E-state index is 12.5. The second-order valence-electron chi connectivity index (χ2n) is 7.53. The molecular formula is C19H18BrClN3O6S5+. The molecule has 0 aliphatic carbocycles. The number of amides is 1. The predicted molar refractivity (Wildman–Crippen MR) is 144 cm³/mol. The maximum Gasteiger partial charge on any atom is 0.281 e. The van der Waals surface area contributed by atoms with Crippen molar-refractivity contribution in [1.29, 1.82) is 0 Å². The van der Waals surface area contributed by atoms with Crippen LogP contribution < -0.4 is 14.2 Å². The molecule has 16 heteroatoms. The number of anilines is 1. The number of thiazole rings is 1. The molecule has 4 rings (SSSR count). The van der Waals surface area contributed by atoms with E-state index in [1.807, 2.05) is 27.5 Å². The van der Waals surface area contributed by atoms with Crippen LogP contribution in [0.25, 0.3) is 15.6 Å². The molecule has 9 nitrogen and oxygen atoms in total. The van der Waals surface area contributed by atoms with Crippen LogP contribution >= 0.6 is 62.0 Å². The first-order chi connectivity index (χ1) is 16.3. The summed E-state index contributed by atoms with van der Waals surface area (Å²) in [6.07, 6.45) is 3.01. The Morgan fingerprint density at radius 2 is 2.00 bits per heavy atom.